The first-order chi connectivity index (χ1) is 10.4. The second kappa shape index (κ2) is 6.64. The summed E-state index contributed by atoms with van der Waals surface area (Å²) in [6.07, 6.45) is 0.740. The molecule has 5 heteroatoms. The minimum atomic E-state index is -0.521. The van der Waals surface area contributed by atoms with E-state index in [1.165, 1.54) is 0 Å². The molecule has 2 amide bonds. The summed E-state index contributed by atoms with van der Waals surface area (Å²) >= 11 is 0. The molecule has 2 rings (SSSR count). The molecule has 0 saturated carbocycles. The first kappa shape index (κ1) is 16.1. The zero-order chi connectivity index (χ0) is 16.3. The maximum atomic E-state index is 12.3. The monoisotopic (exact) mass is 302 g/mol. The van der Waals surface area contributed by atoms with Crippen LogP contribution in [0.3, 0.4) is 0 Å². The van der Waals surface area contributed by atoms with Crippen LogP contribution in [-0.2, 0) is 9.59 Å². The van der Waals surface area contributed by atoms with Gasteiger partial charge in [-0.25, -0.2) is 0 Å². The number of fused-ring (bicyclic) bond motifs is 1. The van der Waals surface area contributed by atoms with Crippen molar-refractivity contribution in [1.82, 2.24) is 0 Å². The average Bonchev–Trinajstić information content (AvgIpc) is 2.44. The van der Waals surface area contributed by atoms with Crippen LogP contribution >= 0.6 is 0 Å². The Morgan fingerprint density at radius 2 is 2.18 bits per heavy atom. The van der Waals surface area contributed by atoms with E-state index in [2.05, 4.69) is 11.9 Å². The molecule has 1 aliphatic rings. The lowest BCUT2D eigenvalue weighted by atomic mass is 10.1. The summed E-state index contributed by atoms with van der Waals surface area (Å²) in [6.45, 7) is 9.87. The third kappa shape index (κ3) is 3.47. The molecule has 1 aliphatic heterocycles. The highest BCUT2D eigenvalue weighted by molar-refractivity contribution is 6.01. The Morgan fingerprint density at radius 3 is 2.82 bits per heavy atom. The maximum absolute atomic E-state index is 12.3. The molecule has 118 valence electrons. The van der Waals surface area contributed by atoms with Gasteiger partial charge in [0, 0.05) is 18.7 Å². The van der Waals surface area contributed by atoms with E-state index in [1.54, 1.807) is 30.0 Å². The van der Waals surface area contributed by atoms with Gasteiger partial charge in [-0.2, -0.15) is 0 Å². The Bertz CT molecular complexity index is 610. The molecule has 0 aromatic heterocycles. The highest BCUT2D eigenvalue weighted by Gasteiger charge is 2.31. The Labute approximate surface area is 130 Å². The Hall–Kier alpha value is -2.30. The van der Waals surface area contributed by atoms with E-state index in [-0.39, 0.29) is 11.8 Å². The van der Waals surface area contributed by atoms with Crippen LogP contribution < -0.4 is 15.0 Å². The zero-order valence-electron chi connectivity index (χ0n) is 13.3. The van der Waals surface area contributed by atoms with E-state index in [0.717, 1.165) is 12.0 Å². The molecule has 5 nitrogen and oxygen atoms in total. The van der Waals surface area contributed by atoms with Crippen LogP contribution in [-0.4, -0.2) is 24.5 Å². The van der Waals surface area contributed by atoms with Gasteiger partial charge in [-0.15, -0.1) is 0 Å². The van der Waals surface area contributed by atoms with Gasteiger partial charge in [-0.1, -0.05) is 19.1 Å². The summed E-state index contributed by atoms with van der Waals surface area (Å²) < 4.78 is 5.63. The Balaban J connectivity index is 2.32. The van der Waals surface area contributed by atoms with E-state index in [9.17, 15) is 9.59 Å². The minimum Gasteiger partial charge on any atom is -0.479 e. The van der Waals surface area contributed by atoms with E-state index < -0.39 is 6.10 Å². The number of hydrogen-bond acceptors (Lipinski definition) is 3. The normalized spacial score (nSPS) is 16.8. The van der Waals surface area contributed by atoms with Crippen LogP contribution in [0.1, 0.15) is 33.6 Å². The van der Waals surface area contributed by atoms with Crippen LogP contribution in [0, 0.1) is 0 Å². The number of nitrogens with one attached hydrogen (secondary N) is 1. The number of hydrogen-bond donors (Lipinski definition) is 1. The summed E-state index contributed by atoms with van der Waals surface area (Å²) in [6, 6.07) is 5.34. The molecule has 0 bridgehead atoms. The zero-order valence-corrected chi connectivity index (χ0v) is 13.3. The predicted molar refractivity (Wildman–Crippen MR) is 87.2 cm³/mol. The smallest absolute Gasteiger partial charge is 0.268 e. The van der Waals surface area contributed by atoms with Crippen LogP contribution in [0.5, 0.6) is 5.75 Å². The molecule has 0 radical (unpaired) electrons. The summed E-state index contributed by atoms with van der Waals surface area (Å²) in [5, 5.41) is 2.84. The van der Waals surface area contributed by atoms with E-state index in [1.807, 2.05) is 13.8 Å². The number of benzene rings is 1. The largest absolute Gasteiger partial charge is 0.479 e. The highest BCUT2D eigenvalue weighted by Crippen LogP contribution is 2.36. The molecule has 1 aromatic rings. The number of ether oxygens (including phenoxy) is 1. The first-order valence-corrected chi connectivity index (χ1v) is 7.48. The predicted octanol–water partition coefficient (Wildman–Crippen LogP) is 3.12. The number of nitrogens with zero attached hydrogens (tertiary/aromatic N) is 1. The van der Waals surface area contributed by atoms with Gasteiger partial charge in [-0.3, -0.25) is 9.59 Å². The molecule has 0 spiro atoms. The topological polar surface area (TPSA) is 58.6 Å². The molecule has 1 N–H and O–H groups in total. The van der Waals surface area contributed by atoms with Crippen LogP contribution in [0.15, 0.2) is 30.4 Å². The molecular weight excluding hydrogens is 280 g/mol. The minimum absolute atomic E-state index is 0.0367. The third-order valence-corrected chi connectivity index (χ3v) is 3.36. The van der Waals surface area contributed by atoms with Gasteiger partial charge < -0.3 is 15.0 Å². The number of carbonyl (C=O) groups excluding carboxylic acids is 2. The van der Waals surface area contributed by atoms with Crippen molar-refractivity contribution in [2.24, 2.45) is 0 Å². The van der Waals surface area contributed by atoms with Gasteiger partial charge in [0.05, 0.1) is 5.69 Å². The summed E-state index contributed by atoms with van der Waals surface area (Å²) in [5.41, 5.74) is 2.21. The van der Waals surface area contributed by atoms with Crippen molar-refractivity contribution in [2.75, 3.05) is 16.8 Å². The lowest BCUT2D eigenvalue weighted by molar-refractivity contribution is -0.125. The fourth-order valence-corrected chi connectivity index (χ4v) is 2.37. The van der Waals surface area contributed by atoms with Crippen molar-refractivity contribution >= 4 is 23.2 Å². The molecule has 1 atom stereocenters. The quantitative estimate of drug-likeness (QED) is 0.850. The fraction of sp³-hybridized carbons (Fsp3) is 0.412. The lowest BCUT2D eigenvalue weighted by Crippen LogP contribution is -2.45. The molecule has 1 heterocycles. The van der Waals surface area contributed by atoms with Gasteiger partial charge in [0.2, 0.25) is 5.91 Å². The third-order valence-electron chi connectivity index (χ3n) is 3.36. The molecule has 1 aromatic carbocycles. The van der Waals surface area contributed by atoms with Crippen LogP contribution in [0.25, 0.3) is 0 Å². The second-order valence-electron chi connectivity index (χ2n) is 5.62. The SMILES string of the molecule is C=C(C)CN1C(=O)C(C)Oc2ccc(NC(=O)CCC)cc21. The second-order valence-corrected chi connectivity index (χ2v) is 5.62. The van der Waals surface area contributed by atoms with Gasteiger partial charge in [0.25, 0.3) is 5.91 Å². The van der Waals surface area contributed by atoms with E-state index in [0.29, 0.717) is 30.1 Å². The number of anilines is 2. The van der Waals surface area contributed by atoms with Crippen LogP contribution in [0.2, 0.25) is 0 Å². The number of rotatable bonds is 5. The molecule has 0 aliphatic carbocycles. The summed E-state index contributed by atoms with van der Waals surface area (Å²) in [4.78, 5) is 25.7. The van der Waals surface area contributed by atoms with E-state index in [4.69, 9.17) is 4.74 Å². The summed E-state index contributed by atoms with van der Waals surface area (Å²) in [7, 11) is 0. The average molecular weight is 302 g/mol. The molecule has 0 fully saturated rings. The number of carbonyl (C=O) groups is 2. The van der Waals surface area contributed by atoms with Crippen molar-refractivity contribution in [3.63, 3.8) is 0 Å². The standard InChI is InChI=1S/C17H22N2O3/c1-5-6-16(20)18-13-7-8-15-14(9-13)19(10-11(2)3)17(21)12(4)22-15/h7-9,12H,2,5-6,10H2,1,3-4H3,(H,18,20). The summed E-state index contributed by atoms with van der Waals surface area (Å²) in [5.74, 6) is 0.500. The Kier molecular flexibility index (Phi) is 4.85. The highest BCUT2D eigenvalue weighted by atomic mass is 16.5. The molecule has 1 unspecified atom stereocenters. The molecule has 22 heavy (non-hydrogen) atoms. The Morgan fingerprint density at radius 1 is 1.45 bits per heavy atom. The van der Waals surface area contributed by atoms with Crippen molar-refractivity contribution in [1.29, 1.82) is 0 Å². The van der Waals surface area contributed by atoms with Crippen molar-refractivity contribution in [2.45, 2.75) is 39.7 Å². The van der Waals surface area contributed by atoms with Gasteiger partial charge in [0.15, 0.2) is 6.10 Å². The van der Waals surface area contributed by atoms with Crippen molar-refractivity contribution < 1.29 is 14.3 Å². The lowest BCUT2D eigenvalue weighted by Gasteiger charge is -2.33. The van der Waals surface area contributed by atoms with Crippen LogP contribution in [0.4, 0.5) is 11.4 Å². The van der Waals surface area contributed by atoms with Gasteiger partial charge >= 0.3 is 0 Å². The van der Waals surface area contributed by atoms with E-state index >= 15 is 0 Å². The van der Waals surface area contributed by atoms with Gasteiger partial charge in [-0.05, 0) is 38.5 Å². The van der Waals surface area contributed by atoms with Crippen molar-refractivity contribution in [3.05, 3.63) is 30.4 Å². The van der Waals surface area contributed by atoms with Crippen molar-refractivity contribution in [3.8, 4) is 5.75 Å². The molecule has 0 saturated heterocycles. The molecular formula is C17H22N2O3. The van der Waals surface area contributed by atoms with Gasteiger partial charge in [0.1, 0.15) is 5.75 Å². The first-order valence-electron chi connectivity index (χ1n) is 7.48. The fourth-order valence-electron chi connectivity index (χ4n) is 2.37. The number of amides is 2. The maximum Gasteiger partial charge on any atom is 0.268 e.